The molecule has 1 unspecified atom stereocenters. The highest BCUT2D eigenvalue weighted by molar-refractivity contribution is 6.28. The van der Waals surface area contributed by atoms with Crippen LogP contribution in [0.5, 0.6) is 0 Å². The Balaban J connectivity index is 2.61. The summed E-state index contributed by atoms with van der Waals surface area (Å²) in [6.45, 7) is 3.78. The predicted molar refractivity (Wildman–Crippen MR) is 65.2 cm³/mol. The molecule has 0 aromatic heterocycles. The van der Waals surface area contributed by atoms with Crippen LogP contribution in [0.15, 0.2) is 30.8 Å². The molecule has 0 fully saturated rings. The Morgan fingerprint density at radius 1 is 1.36 bits per heavy atom. The first-order valence-electron chi connectivity index (χ1n) is 4.68. The number of halogens is 2. The van der Waals surface area contributed by atoms with Crippen LogP contribution in [0.2, 0.25) is 0 Å². The lowest BCUT2D eigenvalue weighted by Crippen LogP contribution is -2.02. The maximum Gasteiger partial charge on any atom is 0.0474 e. The van der Waals surface area contributed by atoms with E-state index in [-0.39, 0.29) is 5.38 Å². The van der Waals surface area contributed by atoms with Gasteiger partial charge in [0.25, 0.3) is 0 Å². The molecule has 1 aromatic rings. The van der Waals surface area contributed by atoms with Crippen LogP contribution in [0.25, 0.3) is 6.08 Å². The van der Waals surface area contributed by atoms with Crippen molar-refractivity contribution in [2.24, 2.45) is 0 Å². The molecule has 1 aromatic carbocycles. The number of benzene rings is 1. The molecule has 0 nitrogen and oxygen atoms in total. The molecular formula is C12H14Cl2. The van der Waals surface area contributed by atoms with E-state index in [2.05, 4.69) is 18.7 Å². The van der Waals surface area contributed by atoms with Crippen LogP contribution in [0, 0.1) is 0 Å². The van der Waals surface area contributed by atoms with Gasteiger partial charge in [0, 0.05) is 11.3 Å². The third kappa shape index (κ3) is 3.36. The molecule has 0 bridgehead atoms. The van der Waals surface area contributed by atoms with Crippen LogP contribution in [-0.2, 0) is 6.42 Å². The van der Waals surface area contributed by atoms with Crippen LogP contribution in [0.3, 0.4) is 0 Å². The van der Waals surface area contributed by atoms with E-state index in [1.807, 2.05) is 18.2 Å². The van der Waals surface area contributed by atoms with Gasteiger partial charge in [0.2, 0.25) is 0 Å². The van der Waals surface area contributed by atoms with Gasteiger partial charge in [0.1, 0.15) is 0 Å². The van der Waals surface area contributed by atoms with Gasteiger partial charge in [-0.3, -0.25) is 0 Å². The van der Waals surface area contributed by atoms with Crippen LogP contribution in [0.4, 0.5) is 0 Å². The zero-order valence-electron chi connectivity index (χ0n) is 8.05. The van der Waals surface area contributed by atoms with E-state index in [0.717, 1.165) is 12.8 Å². The average Bonchev–Trinajstić information content (AvgIpc) is 2.26. The Morgan fingerprint density at radius 3 is 2.71 bits per heavy atom. The first-order chi connectivity index (χ1) is 6.77. The van der Waals surface area contributed by atoms with E-state index >= 15 is 0 Å². The van der Waals surface area contributed by atoms with Gasteiger partial charge >= 0.3 is 0 Å². The van der Waals surface area contributed by atoms with Crippen molar-refractivity contribution < 1.29 is 0 Å². The minimum Gasteiger partial charge on any atom is -0.125 e. The molecule has 0 saturated carbocycles. The molecule has 0 aliphatic carbocycles. The quantitative estimate of drug-likeness (QED) is 0.666. The molecule has 0 radical (unpaired) electrons. The highest BCUT2D eigenvalue weighted by Crippen LogP contribution is 2.15. The van der Waals surface area contributed by atoms with Crippen molar-refractivity contribution in [3.8, 4) is 0 Å². The summed E-state index contributed by atoms with van der Waals surface area (Å²) < 4.78 is 0. The largest absolute Gasteiger partial charge is 0.125 e. The summed E-state index contributed by atoms with van der Waals surface area (Å²) in [5, 5.41) is 0.0644. The molecule has 2 heteroatoms. The van der Waals surface area contributed by atoms with Crippen LogP contribution < -0.4 is 0 Å². The minimum atomic E-state index is 0.0644. The van der Waals surface area contributed by atoms with Gasteiger partial charge < -0.3 is 0 Å². The third-order valence-electron chi connectivity index (χ3n) is 2.17. The molecule has 1 atom stereocenters. The van der Waals surface area contributed by atoms with E-state index in [4.69, 9.17) is 23.2 Å². The fraction of sp³-hybridized carbons (Fsp3) is 0.333. The summed E-state index contributed by atoms with van der Waals surface area (Å²) in [5.74, 6) is 0.512. The zero-order valence-corrected chi connectivity index (χ0v) is 9.56. The molecular weight excluding hydrogens is 215 g/mol. The minimum absolute atomic E-state index is 0.0644. The van der Waals surface area contributed by atoms with E-state index in [9.17, 15) is 0 Å². The van der Waals surface area contributed by atoms with Crippen molar-refractivity contribution in [1.82, 2.24) is 0 Å². The predicted octanol–water partition coefficient (Wildman–Crippen LogP) is 4.11. The average molecular weight is 229 g/mol. The molecule has 0 heterocycles. The van der Waals surface area contributed by atoms with Crippen molar-refractivity contribution >= 4 is 29.3 Å². The highest BCUT2D eigenvalue weighted by atomic mass is 35.5. The van der Waals surface area contributed by atoms with Crippen molar-refractivity contribution in [3.05, 3.63) is 42.0 Å². The summed E-state index contributed by atoms with van der Waals surface area (Å²) in [6.07, 6.45) is 3.75. The molecule has 0 aliphatic rings. The van der Waals surface area contributed by atoms with Crippen molar-refractivity contribution in [1.29, 1.82) is 0 Å². The summed E-state index contributed by atoms with van der Waals surface area (Å²) in [5.41, 5.74) is 2.48. The number of alkyl halides is 2. The van der Waals surface area contributed by atoms with Crippen LogP contribution >= 0.6 is 23.2 Å². The van der Waals surface area contributed by atoms with E-state index in [0.29, 0.717) is 5.88 Å². The van der Waals surface area contributed by atoms with E-state index in [1.165, 1.54) is 11.1 Å². The number of hydrogen-bond donors (Lipinski definition) is 0. The summed E-state index contributed by atoms with van der Waals surface area (Å²) in [4.78, 5) is 0. The Bertz CT molecular complexity index is 294. The van der Waals surface area contributed by atoms with Crippen LogP contribution in [0.1, 0.15) is 17.5 Å². The summed E-state index contributed by atoms with van der Waals surface area (Å²) in [6, 6.07) is 8.22. The number of hydrogen-bond acceptors (Lipinski definition) is 0. The van der Waals surface area contributed by atoms with Crippen molar-refractivity contribution in [2.75, 3.05) is 5.88 Å². The molecule has 0 amide bonds. The smallest absolute Gasteiger partial charge is 0.0474 e. The Morgan fingerprint density at radius 2 is 2.07 bits per heavy atom. The number of aryl methyl sites for hydroxylation is 1. The molecule has 14 heavy (non-hydrogen) atoms. The fourth-order valence-electron chi connectivity index (χ4n) is 1.35. The second-order valence-electron chi connectivity index (χ2n) is 3.19. The third-order valence-corrected chi connectivity index (χ3v) is 3.07. The number of rotatable bonds is 5. The molecule has 0 saturated heterocycles. The lowest BCUT2D eigenvalue weighted by atomic mass is 10.0. The van der Waals surface area contributed by atoms with E-state index < -0.39 is 0 Å². The Labute approximate surface area is 95.5 Å². The lowest BCUT2D eigenvalue weighted by Gasteiger charge is -2.07. The van der Waals surface area contributed by atoms with Gasteiger partial charge in [-0.05, 0) is 24.0 Å². The molecule has 0 aliphatic heterocycles. The molecule has 1 rings (SSSR count). The summed E-state index contributed by atoms with van der Waals surface area (Å²) in [7, 11) is 0. The highest BCUT2D eigenvalue weighted by Gasteiger charge is 2.04. The topological polar surface area (TPSA) is 0 Å². The summed E-state index contributed by atoms with van der Waals surface area (Å²) >= 11 is 11.6. The van der Waals surface area contributed by atoms with Crippen molar-refractivity contribution in [3.63, 3.8) is 0 Å². The lowest BCUT2D eigenvalue weighted by molar-refractivity contribution is 0.806. The van der Waals surface area contributed by atoms with Gasteiger partial charge in [0.15, 0.2) is 0 Å². The second kappa shape index (κ2) is 6.10. The molecule has 0 spiro atoms. The van der Waals surface area contributed by atoms with Gasteiger partial charge in [-0.1, -0.05) is 36.9 Å². The van der Waals surface area contributed by atoms with Gasteiger partial charge in [0.05, 0.1) is 0 Å². The van der Waals surface area contributed by atoms with Crippen molar-refractivity contribution in [2.45, 2.75) is 18.2 Å². The Kier molecular flexibility index (Phi) is 5.06. The monoisotopic (exact) mass is 228 g/mol. The molecule has 76 valence electrons. The fourth-order valence-corrected chi connectivity index (χ4v) is 1.61. The van der Waals surface area contributed by atoms with E-state index in [1.54, 1.807) is 0 Å². The first-order valence-corrected chi connectivity index (χ1v) is 5.65. The molecule has 0 N–H and O–H groups in total. The SMILES string of the molecule is C=Cc1ccccc1CCC(Cl)CCl. The maximum absolute atomic E-state index is 5.95. The Hall–Kier alpha value is -0.460. The van der Waals surface area contributed by atoms with Crippen LogP contribution in [-0.4, -0.2) is 11.3 Å². The maximum atomic E-state index is 5.95. The first kappa shape index (κ1) is 11.6. The van der Waals surface area contributed by atoms with Gasteiger partial charge in [-0.25, -0.2) is 0 Å². The standard InChI is InChI=1S/C12H14Cl2/c1-2-10-5-3-4-6-11(10)7-8-12(14)9-13/h2-6,12H,1,7-9H2. The van der Waals surface area contributed by atoms with Gasteiger partial charge in [-0.15, -0.1) is 23.2 Å². The zero-order chi connectivity index (χ0) is 10.4. The van der Waals surface area contributed by atoms with Gasteiger partial charge in [-0.2, -0.15) is 0 Å². The normalized spacial score (nSPS) is 12.4. The second-order valence-corrected chi connectivity index (χ2v) is 4.12.